The summed E-state index contributed by atoms with van der Waals surface area (Å²) >= 11 is 0. The number of para-hydroxylation sites is 1. The number of benzene rings is 1. The molecular weight excluding hydrogens is 222 g/mol. The first-order valence-electron chi connectivity index (χ1n) is 5.96. The molecule has 0 radical (unpaired) electrons. The Kier molecular flexibility index (Phi) is 1.75. The Morgan fingerprint density at radius 3 is 2.83 bits per heavy atom. The van der Waals surface area contributed by atoms with Gasteiger partial charge in [0.1, 0.15) is 5.65 Å². The standard InChI is InChI=1S/C15H11N3/c1-9-6-7-16-14-11(9)8-12-10-4-2-3-5-13(10)17-15(12)18-14/h2-8H,1H3,(H,16,17,18). The van der Waals surface area contributed by atoms with Gasteiger partial charge < -0.3 is 4.98 Å². The molecular formula is C15H11N3. The number of hydrogen-bond acceptors (Lipinski definition) is 2. The highest BCUT2D eigenvalue weighted by Crippen LogP contribution is 2.27. The number of aromatic amines is 1. The van der Waals surface area contributed by atoms with Gasteiger partial charge in [-0.15, -0.1) is 0 Å². The molecule has 0 saturated heterocycles. The number of nitrogens with zero attached hydrogens (tertiary/aromatic N) is 2. The minimum absolute atomic E-state index is 0.800. The van der Waals surface area contributed by atoms with Crippen LogP contribution >= 0.6 is 0 Å². The number of hydrogen-bond donors (Lipinski definition) is 1. The van der Waals surface area contributed by atoms with Gasteiger partial charge in [0, 0.05) is 27.9 Å². The van der Waals surface area contributed by atoms with E-state index in [0.29, 0.717) is 0 Å². The summed E-state index contributed by atoms with van der Waals surface area (Å²) in [6, 6.07) is 12.5. The van der Waals surface area contributed by atoms with Gasteiger partial charge in [-0.3, -0.25) is 0 Å². The minimum atomic E-state index is 0.800. The van der Waals surface area contributed by atoms with Crippen LogP contribution in [0.1, 0.15) is 5.56 Å². The van der Waals surface area contributed by atoms with Gasteiger partial charge in [-0.2, -0.15) is 0 Å². The van der Waals surface area contributed by atoms with Gasteiger partial charge in [0.15, 0.2) is 5.65 Å². The van der Waals surface area contributed by atoms with Crippen LogP contribution in [-0.4, -0.2) is 15.0 Å². The van der Waals surface area contributed by atoms with Crippen molar-refractivity contribution in [2.75, 3.05) is 0 Å². The van der Waals surface area contributed by atoms with E-state index in [1.54, 1.807) is 6.20 Å². The molecule has 4 aromatic rings. The summed E-state index contributed by atoms with van der Waals surface area (Å²) in [6.07, 6.45) is 1.80. The first-order chi connectivity index (χ1) is 8.83. The van der Waals surface area contributed by atoms with Gasteiger partial charge >= 0.3 is 0 Å². The van der Waals surface area contributed by atoms with Crippen LogP contribution in [0, 0.1) is 6.92 Å². The number of aromatic nitrogens is 3. The Morgan fingerprint density at radius 1 is 1.00 bits per heavy atom. The van der Waals surface area contributed by atoms with Crippen LogP contribution in [0.4, 0.5) is 0 Å². The molecule has 0 unspecified atom stereocenters. The van der Waals surface area contributed by atoms with Gasteiger partial charge in [0.2, 0.25) is 0 Å². The quantitative estimate of drug-likeness (QED) is 0.504. The average molecular weight is 233 g/mol. The Labute approximate surface area is 103 Å². The molecule has 86 valence electrons. The zero-order valence-corrected chi connectivity index (χ0v) is 9.94. The van der Waals surface area contributed by atoms with E-state index in [4.69, 9.17) is 0 Å². The van der Waals surface area contributed by atoms with Crippen molar-refractivity contribution in [3.63, 3.8) is 0 Å². The maximum Gasteiger partial charge on any atom is 0.161 e. The third-order valence-corrected chi connectivity index (χ3v) is 3.42. The number of rotatable bonds is 0. The molecule has 4 rings (SSSR count). The highest BCUT2D eigenvalue weighted by Gasteiger charge is 2.08. The number of fused-ring (bicyclic) bond motifs is 4. The van der Waals surface area contributed by atoms with E-state index in [2.05, 4.69) is 46.1 Å². The number of aryl methyl sites for hydroxylation is 1. The molecule has 0 aliphatic rings. The van der Waals surface area contributed by atoms with Gasteiger partial charge in [0.25, 0.3) is 0 Å². The highest BCUT2D eigenvalue weighted by atomic mass is 14.9. The van der Waals surface area contributed by atoms with Crippen molar-refractivity contribution in [2.24, 2.45) is 0 Å². The highest BCUT2D eigenvalue weighted by molar-refractivity contribution is 6.09. The topological polar surface area (TPSA) is 41.6 Å². The predicted octanol–water partition coefficient (Wildman–Crippen LogP) is 3.57. The van der Waals surface area contributed by atoms with Gasteiger partial charge in [0.05, 0.1) is 0 Å². The van der Waals surface area contributed by atoms with E-state index in [9.17, 15) is 0 Å². The first kappa shape index (κ1) is 9.59. The molecule has 0 saturated carbocycles. The van der Waals surface area contributed by atoms with Crippen molar-refractivity contribution >= 4 is 33.0 Å². The molecule has 0 fully saturated rings. The van der Waals surface area contributed by atoms with Crippen molar-refractivity contribution in [2.45, 2.75) is 6.92 Å². The van der Waals surface area contributed by atoms with Gasteiger partial charge in [-0.05, 0) is 30.7 Å². The molecule has 3 aromatic heterocycles. The third-order valence-electron chi connectivity index (χ3n) is 3.42. The second-order valence-corrected chi connectivity index (χ2v) is 4.55. The summed E-state index contributed by atoms with van der Waals surface area (Å²) in [5, 5.41) is 3.49. The molecule has 3 heterocycles. The molecule has 1 aromatic carbocycles. The molecule has 3 nitrogen and oxygen atoms in total. The summed E-state index contributed by atoms with van der Waals surface area (Å²) in [6.45, 7) is 2.09. The molecule has 0 bridgehead atoms. The van der Waals surface area contributed by atoms with Crippen molar-refractivity contribution in [3.8, 4) is 0 Å². The maximum atomic E-state index is 4.61. The van der Waals surface area contributed by atoms with Crippen molar-refractivity contribution in [1.29, 1.82) is 0 Å². The zero-order chi connectivity index (χ0) is 12.1. The monoisotopic (exact) mass is 233 g/mol. The number of nitrogens with one attached hydrogen (secondary N) is 1. The molecule has 3 heteroatoms. The van der Waals surface area contributed by atoms with Crippen molar-refractivity contribution in [3.05, 3.63) is 48.2 Å². The van der Waals surface area contributed by atoms with Gasteiger partial charge in [-0.1, -0.05) is 18.2 Å². The second kappa shape index (κ2) is 3.29. The summed E-state index contributed by atoms with van der Waals surface area (Å²) in [7, 11) is 0. The van der Waals surface area contributed by atoms with E-state index < -0.39 is 0 Å². The second-order valence-electron chi connectivity index (χ2n) is 4.55. The van der Waals surface area contributed by atoms with E-state index in [1.165, 1.54) is 10.9 Å². The Balaban J connectivity index is 2.28. The lowest BCUT2D eigenvalue weighted by Gasteiger charge is -2.00. The summed E-state index contributed by atoms with van der Waals surface area (Å²) in [4.78, 5) is 12.3. The van der Waals surface area contributed by atoms with E-state index in [0.717, 1.165) is 27.6 Å². The smallest absolute Gasteiger partial charge is 0.161 e. The normalized spacial score (nSPS) is 11.6. The lowest BCUT2D eigenvalue weighted by molar-refractivity contribution is 1.28. The van der Waals surface area contributed by atoms with Crippen LogP contribution in [-0.2, 0) is 0 Å². The summed E-state index contributed by atoms with van der Waals surface area (Å²) in [5.41, 5.74) is 4.03. The zero-order valence-electron chi connectivity index (χ0n) is 9.94. The lowest BCUT2D eigenvalue weighted by Crippen LogP contribution is -1.86. The fraction of sp³-hybridized carbons (Fsp3) is 0.0667. The summed E-state index contributed by atoms with van der Waals surface area (Å²) in [5.74, 6) is 0. The summed E-state index contributed by atoms with van der Waals surface area (Å²) < 4.78 is 0. The maximum absolute atomic E-state index is 4.61. The molecule has 0 atom stereocenters. The van der Waals surface area contributed by atoms with E-state index in [-0.39, 0.29) is 0 Å². The average Bonchev–Trinajstić information content (AvgIpc) is 2.75. The minimum Gasteiger partial charge on any atom is -0.339 e. The van der Waals surface area contributed by atoms with Gasteiger partial charge in [-0.25, -0.2) is 9.97 Å². The molecule has 0 aliphatic heterocycles. The third kappa shape index (κ3) is 1.19. The molecule has 1 N–H and O–H groups in total. The Bertz CT molecular complexity index is 890. The first-order valence-corrected chi connectivity index (χ1v) is 5.96. The SMILES string of the molecule is Cc1ccnc2nc3[nH]c4ccccc4c3cc12. The fourth-order valence-electron chi connectivity index (χ4n) is 2.46. The van der Waals surface area contributed by atoms with Crippen LogP contribution in [0.25, 0.3) is 33.0 Å². The lowest BCUT2D eigenvalue weighted by atomic mass is 10.1. The van der Waals surface area contributed by atoms with Crippen LogP contribution in [0.2, 0.25) is 0 Å². The number of pyridine rings is 2. The number of H-pyrrole nitrogens is 1. The van der Waals surface area contributed by atoms with Crippen LogP contribution in [0.3, 0.4) is 0 Å². The Morgan fingerprint density at radius 2 is 1.89 bits per heavy atom. The molecule has 0 aliphatic carbocycles. The molecule has 18 heavy (non-hydrogen) atoms. The van der Waals surface area contributed by atoms with E-state index >= 15 is 0 Å². The largest absolute Gasteiger partial charge is 0.339 e. The Hall–Kier alpha value is -2.42. The van der Waals surface area contributed by atoms with Crippen LogP contribution < -0.4 is 0 Å². The van der Waals surface area contributed by atoms with E-state index in [1.807, 2.05) is 12.1 Å². The molecule has 0 spiro atoms. The molecule has 0 amide bonds. The fourth-order valence-corrected chi connectivity index (χ4v) is 2.46. The van der Waals surface area contributed by atoms with Crippen molar-refractivity contribution < 1.29 is 0 Å². The van der Waals surface area contributed by atoms with Crippen LogP contribution in [0.15, 0.2) is 42.6 Å². The van der Waals surface area contributed by atoms with Crippen molar-refractivity contribution in [1.82, 2.24) is 15.0 Å². The predicted molar refractivity (Wildman–Crippen MR) is 73.6 cm³/mol. The van der Waals surface area contributed by atoms with Crippen LogP contribution in [0.5, 0.6) is 0 Å².